The van der Waals surface area contributed by atoms with Crippen LogP contribution < -0.4 is 10.5 Å². The molecule has 0 heterocycles. The molecule has 0 fully saturated rings. The van der Waals surface area contributed by atoms with Gasteiger partial charge in [0.1, 0.15) is 0 Å². The Morgan fingerprint density at radius 1 is 1.36 bits per heavy atom. The zero-order chi connectivity index (χ0) is 11.2. The molecule has 0 aliphatic carbocycles. The van der Waals surface area contributed by atoms with Crippen molar-refractivity contribution < 1.29 is 23.4 Å². The summed E-state index contributed by atoms with van der Waals surface area (Å²) in [6.45, 7) is -1.35. The van der Waals surface area contributed by atoms with Gasteiger partial charge in [-0.2, -0.15) is 8.42 Å². The van der Waals surface area contributed by atoms with Crippen molar-refractivity contribution in [2.24, 2.45) is 5.14 Å². The minimum absolute atomic E-state index is 0.0870. The molecule has 0 aromatic heterocycles. The highest BCUT2D eigenvalue weighted by Crippen LogP contribution is 1.94. The van der Waals surface area contributed by atoms with E-state index in [0.717, 1.165) is 0 Å². The first-order valence-electron chi connectivity index (χ1n) is 3.73. The quantitative estimate of drug-likeness (QED) is 0.402. The van der Waals surface area contributed by atoms with Crippen LogP contribution in [0.1, 0.15) is 0 Å². The lowest BCUT2D eigenvalue weighted by molar-refractivity contribution is 0.205. The van der Waals surface area contributed by atoms with Crippen LogP contribution in [-0.4, -0.2) is 55.3 Å². The van der Waals surface area contributed by atoms with E-state index in [-0.39, 0.29) is 17.5 Å². The lowest BCUT2D eigenvalue weighted by Gasteiger charge is -2.18. The van der Waals surface area contributed by atoms with E-state index in [2.05, 4.69) is 5.32 Å². The number of carbonyl (C=O) groups excluding carboxylic acids is 1. The van der Waals surface area contributed by atoms with Crippen molar-refractivity contribution >= 4 is 16.2 Å². The van der Waals surface area contributed by atoms with E-state index in [0.29, 0.717) is 0 Å². The number of hydrogen-bond donors (Lipinski definition) is 4. The van der Waals surface area contributed by atoms with Crippen molar-refractivity contribution in [1.82, 2.24) is 9.62 Å². The predicted molar refractivity (Wildman–Crippen MR) is 47.4 cm³/mol. The van der Waals surface area contributed by atoms with E-state index in [9.17, 15) is 13.2 Å². The number of carbonyl (C=O) groups is 1. The van der Waals surface area contributed by atoms with Crippen LogP contribution in [0.25, 0.3) is 0 Å². The SMILES string of the molecule is NS(=O)(=O)N(CCO)C(=O)NCCO. The fourth-order valence-electron chi connectivity index (χ4n) is 0.686. The first-order valence-corrected chi connectivity index (χ1v) is 5.23. The van der Waals surface area contributed by atoms with Gasteiger partial charge >= 0.3 is 16.2 Å². The van der Waals surface area contributed by atoms with Crippen molar-refractivity contribution in [1.29, 1.82) is 0 Å². The average Bonchev–Trinajstić information content (AvgIpc) is 2.08. The summed E-state index contributed by atoms with van der Waals surface area (Å²) in [6, 6.07) is -0.976. The van der Waals surface area contributed by atoms with Gasteiger partial charge in [-0.05, 0) is 0 Å². The minimum Gasteiger partial charge on any atom is -0.395 e. The van der Waals surface area contributed by atoms with Crippen molar-refractivity contribution in [2.45, 2.75) is 0 Å². The number of nitrogens with two attached hydrogens (primary N) is 1. The summed E-state index contributed by atoms with van der Waals surface area (Å²) in [5.41, 5.74) is 0. The lowest BCUT2D eigenvalue weighted by atomic mass is 10.6. The molecule has 0 spiro atoms. The maximum Gasteiger partial charge on any atom is 0.332 e. The molecular weight excluding hydrogens is 214 g/mol. The topological polar surface area (TPSA) is 133 Å². The minimum atomic E-state index is -4.18. The number of aliphatic hydroxyl groups excluding tert-OH is 2. The first-order chi connectivity index (χ1) is 6.43. The Morgan fingerprint density at radius 3 is 2.29 bits per heavy atom. The molecule has 0 radical (unpaired) electrons. The monoisotopic (exact) mass is 227 g/mol. The fraction of sp³-hybridized carbons (Fsp3) is 0.800. The number of rotatable bonds is 5. The summed E-state index contributed by atoms with van der Waals surface area (Å²) in [5.74, 6) is 0. The second kappa shape index (κ2) is 5.75. The second-order valence-corrected chi connectivity index (χ2v) is 3.77. The van der Waals surface area contributed by atoms with Crippen LogP contribution in [0.4, 0.5) is 4.79 Å². The van der Waals surface area contributed by atoms with Gasteiger partial charge in [-0.1, -0.05) is 0 Å². The van der Waals surface area contributed by atoms with Crippen molar-refractivity contribution in [3.05, 3.63) is 0 Å². The number of amides is 2. The Morgan fingerprint density at radius 2 is 1.93 bits per heavy atom. The largest absolute Gasteiger partial charge is 0.395 e. The molecule has 0 saturated heterocycles. The van der Waals surface area contributed by atoms with Crippen LogP contribution in [0.2, 0.25) is 0 Å². The van der Waals surface area contributed by atoms with E-state index in [1.54, 1.807) is 0 Å². The summed E-state index contributed by atoms with van der Waals surface area (Å²) in [7, 11) is -4.18. The standard InChI is InChI=1S/C5H13N3O5S/c6-14(12,13)8(2-4-10)5(11)7-1-3-9/h9-10H,1-4H2,(H,7,11)(H2,6,12,13). The van der Waals surface area contributed by atoms with E-state index >= 15 is 0 Å². The first kappa shape index (κ1) is 13.1. The number of nitrogens with zero attached hydrogens (tertiary/aromatic N) is 1. The molecule has 0 saturated carbocycles. The summed E-state index contributed by atoms with van der Waals surface area (Å²) in [4.78, 5) is 11.1. The smallest absolute Gasteiger partial charge is 0.332 e. The molecule has 14 heavy (non-hydrogen) atoms. The van der Waals surface area contributed by atoms with Gasteiger partial charge in [0.05, 0.1) is 19.8 Å². The van der Waals surface area contributed by atoms with Gasteiger partial charge < -0.3 is 15.5 Å². The molecule has 5 N–H and O–H groups in total. The van der Waals surface area contributed by atoms with Gasteiger partial charge in [-0.3, -0.25) is 0 Å². The van der Waals surface area contributed by atoms with Gasteiger partial charge in [-0.15, -0.1) is 0 Å². The summed E-state index contributed by atoms with van der Waals surface area (Å²) in [5, 5.41) is 23.6. The van der Waals surface area contributed by atoms with E-state index in [1.807, 2.05) is 0 Å². The van der Waals surface area contributed by atoms with E-state index in [1.165, 1.54) is 0 Å². The van der Waals surface area contributed by atoms with Crippen LogP contribution in [0.15, 0.2) is 0 Å². The van der Waals surface area contributed by atoms with Crippen molar-refractivity contribution in [2.75, 3.05) is 26.3 Å². The molecule has 9 heteroatoms. The van der Waals surface area contributed by atoms with Gasteiger partial charge in [0.25, 0.3) is 0 Å². The van der Waals surface area contributed by atoms with Crippen LogP contribution >= 0.6 is 0 Å². The summed E-state index contributed by atoms with van der Waals surface area (Å²) < 4.78 is 21.9. The van der Waals surface area contributed by atoms with Crippen LogP contribution in [0.3, 0.4) is 0 Å². The third-order valence-corrected chi connectivity index (χ3v) is 2.19. The Bertz CT molecular complexity index is 277. The number of urea groups is 1. The van der Waals surface area contributed by atoms with Crippen molar-refractivity contribution in [3.8, 4) is 0 Å². The van der Waals surface area contributed by atoms with Gasteiger partial charge in [0, 0.05) is 6.54 Å². The molecule has 0 bridgehead atoms. The maximum absolute atomic E-state index is 11.1. The van der Waals surface area contributed by atoms with E-state index in [4.69, 9.17) is 15.4 Å². The molecule has 84 valence electrons. The predicted octanol–water partition coefficient (Wildman–Crippen LogP) is -2.81. The third-order valence-electron chi connectivity index (χ3n) is 1.22. The van der Waals surface area contributed by atoms with Crippen LogP contribution in [0.5, 0.6) is 0 Å². The van der Waals surface area contributed by atoms with E-state index < -0.39 is 29.4 Å². The highest BCUT2D eigenvalue weighted by molar-refractivity contribution is 7.87. The highest BCUT2D eigenvalue weighted by Gasteiger charge is 2.22. The zero-order valence-electron chi connectivity index (χ0n) is 7.38. The Kier molecular flexibility index (Phi) is 5.38. The molecule has 8 nitrogen and oxygen atoms in total. The highest BCUT2D eigenvalue weighted by atomic mass is 32.2. The summed E-state index contributed by atoms with van der Waals surface area (Å²) in [6.07, 6.45) is 0. The third kappa shape index (κ3) is 4.37. The van der Waals surface area contributed by atoms with Crippen LogP contribution in [-0.2, 0) is 10.2 Å². The molecule has 0 aromatic carbocycles. The number of hydrogen-bond acceptors (Lipinski definition) is 5. The zero-order valence-corrected chi connectivity index (χ0v) is 8.20. The normalized spacial score (nSPS) is 11.1. The summed E-state index contributed by atoms with van der Waals surface area (Å²) >= 11 is 0. The molecular formula is C5H13N3O5S. The molecule has 0 atom stereocenters. The Labute approximate surface area is 81.5 Å². The molecule has 0 aliphatic rings. The number of aliphatic hydroxyl groups is 2. The van der Waals surface area contributed by atoms with Crippen LogP contribution in [0, 0.1) is 0 Å². The fourth-order valence-corrected chi connectivity index (χ4v) is 1.32. The molecule has 0 aromatic rings. The second-order valence-electron chi connectivity index (χ2n) is 2.30. The lowest BCUT2D eigenvalue weighted by Crippen LogP contribution is -2.48. The molecule has 2 amide bonds. The molecule has 0 aliphatic heterocycles. The average molecular weight is 227 g/mol. The Hall–Kier alpha value is -0.900. The maximum atomic E-state index is 11.1. The molecule has 0 rings (SSSR count). The van der Waals surface area contributed by atoms with Gasteiger partial charge in [0.15, 0.2) is 0 Å². The number of nitrogens with one attached hydrogen (secondary N) is 1. The van der Waals surface area contributed by atoms with Gasteiger partial charge in [0.2, 0.25) is 0 Å². The van der Waals surface area contributed by atoms with Crippen molar-refractivity contribution in [3.63, 3.8) is 0 Å². The Balaban J connectivity index is 4.43. The molecule has 0 unspecified atom stereocenters. The van der Waals surface area contributed by atoms with Gasteiger partial charge in [-0.25, -0.2) is 14.2 Å².